The number of hydrazine groups is 1. The normalized spacial score (nSPS) is 13.4. The summed E-state index contributed by atoms with van der Waals surface area (Å²) in [6, 6.07) is 5.55. The number of hydrogen-bond acceptors (Lipinski definition) is 6. The molecule has 8 heteroatoms. The molecule has 2 amide bonds. The van der Waals surface area contributed by atoms with E-state index in [1.165, 1.54) is 0 Å². The molecule has 2 rings (SSSR count). The van der Waals surface area contributed by atoms with Crippen LogP contribution in [0.2, 0.25) is 0 Å². The van der Waals surface area contributed by atoms with E-state index in [0.29, 0.717) is 35.9 Å². The monoisotopic (exact) mass is 351 g/mol. The van der Waals surface area contributed by atoms with Gasteiger partial charge in [0.1, 0.15) is 0 Å². The van der Waals surface area contributed by atoms with E-state index >= 15 is 0 Å². The molecule has 1 aromatic carbocycles. The first-order valence-corrected chi connectivity index (χ1v) is 8.46. The van der Waals surface area contributed by atoms with E-state index in [1.807, 2.05) is 18.2 Å². The Morgan fingerprint density at radius 1 is 1.36 bits per heavy atom. The van der Waals surface area contributed by atoms with Crippen molar-refractivity contribution in [2.45, 2.75) is 39.2 Å². The van der Waals surface area contributed by atoms with Crippen molar-refractivity contribution in [2.75, 3.05) is 13.3 Å². The molecule has 0 spiro atoms. The van der Waals surface area contributed by atoms with Crippen LogP contribution in [0, 0.1) is 5.92 Å². The molecule has 0 fully saturated rings. The summed E-state index contributed by atoms with van der Waals surface area (Å²) in [5, 5.41) is 9.87. The highest BCUT2D eigenvalue weighted by Gasteiger charge is 2.20. The first-order valence-electron chi connectivity index (χ1n) is 8.46. The van der Waals surface area contributed by atoms with Crippen LogP contribution in [0.5, 0.6) is 11.5 Å². The Morgan fingerprint density at radius 2 is 2.16 bits per heavy atom. The highest BCUT2D eigenvalue weighted by atomic mass is 16.7. The zero-order valence-corrected chi connectivity index (χ0v) is 14.4. The van der Waals surface area contributed by atoms with Gasteiger partial charge in [-0.05, 0) is 24.1 Å². The van der Waals surface area contributed by atoms with Crippen molar-refractivity contribution in [2.24, 2.45) is 5.92 Å². The van der Waals surface area contributed by atoms with Crippen molar-refractivity contribution in [3.05, 3.63) is 23.8 Å². The predicted molar refractivity (Wildman–Crippen MR) is 89.7 cm³/mol. The highest BCUT2D eigenvalue weighted by Crippen LogP contribution is 2.32. The number of rotatable bonds is 11. The molecule has 3 N–H and O–H groups in total. The van der Waals surface area contributed by atoms with Crippen LogP contribution in [0.3, 0.4) is 0 Å². The van der Waals surface area contributed by atoms with Gasteiger partial charge in [-0.3, -0.25) is 20.2 Å². The first-order chi connectivity index (χ1) is 12.1. The quantitative estimate of drug-likeness (QED) is 0.242. The Morgan fingerprint density at radius 3 is 2.92 bits per heavy atom. The average Bonchev–Trinajstić information content (AvgIpc) is 3.08. The van der Waals surface area contributed by atoms with Gasteiger partial charge in [0, 0.05) is 6.54 Å². The molecule has 0 saturated carbocycles. The Labute approximate surface area is 147 Å². The van der Waals surface area contributed by atoms with Crippen LogP contribution in [-0.4, -0.2) is 35.9 Å². The first kappa shape index (κ1) is 19.0. The number of nitrogens with zero attached hydrogens (tertiary/aromatic N) is 1. The second-order valence-electron chi connectivity index (χ2n) is 5.95. The molecule has 0 saturated heterocycles. The van der Waals surface area contributed by atoms with Gasteiger partial charge in [0.25, 0.3) is 0 Å². The molecule has 1 aromatic rings. The molecule has 8 nitrogen and oxygen atoms in total. The second kappa shape index (κ2) is 9.85. The predicted octanol–water partition coefficient (Wildman–Crippen LogP) is 1.58. The lowest BCUT2D eigenvalue weighted by molar-refractivity contribution is -0.154. The number of hydroxylamine groups is 2. The number of fused-ring (bicyclic) bond motifs is 1. The Bertz CT molecular complexity index is 581. The SMILES string of the molecule is CCCCC[C@H](CN(O)C=O)C(=O)NNCc1ccc2c(c1)OCO2. The van der Waals surface area contributed by atoms with E-state index in [9.17, 15) is 14.8 Å². The van der Waals surface area contributed by atoms with Crippen molar-refractivity contribution in [1.29, 1.82) is 0 Å². The van der Waals surface area contributed by atoms with E-state index in [2.05, 4.69) is 17.8 Å². The van der Waals surface area contributed by atoms with Crippen molar-refractivity contribution >= 4 is 12.3 Å². The Kier molecular flexibility index (Phi) is 7.49. The van der Waals surface area contributed by atoms with Gasteiger partial charge in [0.05, 0.1) is 12.5 Å². The lowest BCUT2D eigenvalue weighted by atomic mass is 10.0. The van der Waals surface area contributed by atoms with Crippen molar-refractivity contribution in [3.8, 4) is 11.5 Å². The summed E-state index contributed by atoms with van der Waals surface area (Å²) >= 11 is 0. The fourth-order valence-electron chi connectivity index (χ4n) is 2.60. The number of hydrogen-bond donors (Lipinski definition) is 3. The molecular weight excluding hydrogens is 326 g/mol. The van der Waals surface area contributed by atoms with Crippen LogP contribution in [-0.2, 0) is 16.1 Å². The Hall–Kier alpha value is -2.32. The smallest absolute Gasteiger partial charge is 0.239 e. The third kappa shape index (κ3) is 5.91. The zero-order valence-electron chi connectivity index (χ0n) is 14.4. The van der Waals surface area contributed by atoms with E-state index in [0.717, 1.165) is 24.8 Å². The lowest BCUT2D eigenvalue weighted by Gasteiger charge is -2.19. The van der Waals surface area contributed by atoms with Gasteiger partial charge in [0.2, 0.25) is 19.1 Å². The van der Waals surface area contributed by atoms with Crippen LogP contribution in [0.15, 0.2) is 18.2 Å². The molecule has 1 atom stereocenters. The molecule has 0 bridgehead atoms. The number of nitrogens with one attached hydrogen (secondary N) is 2. The summed E-state index contributed by atoms with van der Waals surface area (Å²) in [5.41, 5.74) is 6.45. The summed E-state index contributed by atoms with van der Waals surface area (Å²) < 4.78 is 10.6. The maximum atomic E-state index is 12.3. The van der Waals surface area contributed by atoms with E-state index in [4.69, 9.17) is 9.47 Å². The van der Waals surface area contributed by atoms with Gasteiger partial charge in [-0.2, -0.15) is 0 Å². The summed E-state index contributed by atoms with van der Waals surface area (Å²) in [4.78, 5) is 22.9. The van der Waals surface area contributed by atoms with E-state index < -0.39 is 5.92 Å². The molecule has 138 valence electrons. The number of benzene rings is 1. The fraction of sp³-hybridized carbons (Fsp3) is 0.529. The van der Waals surface area contributed by atoms with Crippen LogP contribution in [0.1, 0.15) is 38.2 Å². The zero-order chi connectivity index (χ0) is 18.1. The van der Waals surface area contributed by atoms with Crippen molar-refractivity contribution < 1.29 is 24.3 Å². The molecule has 0 radical (unpaired) electrons. The van der Waals surface area contributed by atoms with Crippen LogP contribution < -0.4 is 20.3 Å². The van der Waals surface area contributed by atoms with Crippen molar-refractivity contribution in [1.82, 2.24) is 15.9 Å². The molecular formula is C17H25N3O5. The van der Waals surface area contributed by atoms with Gasteiger partial charge in [-0.15, -0.1) is 0 Å². The summed E-state index contributed by atoms with van der Waals surface area (Å²) in [6.45, 7) is 2.69. The van der Waals surface area contributed by atoms with Crippen molar-refractivity contribution in [3.63, 3.8) is 0 Å². The number of carbonyl (C=O) groups is 2. The minimum Gasteiger partial charge on any atom is -0.454 e. The van der Waals surface area contributed by atoms with E-state index in [1.54, 1.807) is 0 Å². The lowest BCUT2D eigenvalue weighted by Crippen LogP contribution is -2.44. The number of amides is 2. The van der Waals surface area contributed by atoms with Crippen LogP contribution in [0.4, 0.5) is 0 Å². The fourth-order valence-corrected chi connectivity index (χ4v) is 2.60. The van der Waals surface area contributed by atoms with Crippen LogP contribution >= 0.6 is 0 Å². The van der Waals surface area contributed by atoms with Gasteiger partial charge in [-0.25, -0.2) is 10.5 Å². The maximum absolute atomic E-state index is 12.3. The maximum Gasteiger partial charge on any atom is 0.239 e. The molecule has 0 unspecified atom stereocenters. The highest BCUT2D eigenvalue weighted by molar-refractivity contribution is 5.78. The summed E-state index contributed by atoms with van der Waals surface area (Å²) in [7, 11) is 0. The molecule has 0 aromatic heterocycles. The summed E-state index contributed by atoms with van der Waals surface area (Å²) in [5.74, 6) is 0.675. The topological polar surface area (TPSA) is 100 Å². The molecule has 1 aliphatic heterocycles. The van der Waals surface area contributed by atoms with Gasteiger partial charge >= 0.3 is 0 Å². The average molecular weight is 351 g/mol. The van der Waals surface area contributed by atoms with Gasteiger partial charge in [-0.1, -0.05) is 32.3 Å². The minimum absolute atomic E-state index is 0.0231. The van der Waals surface area contributed by atoms with Crippen LogP contribution in [0.25, 0.3) is 0 Å². The standard InChI is InChI=1S/C17H25N3O5/c1-2-3-4-5-14(10-20(23)11-21)17(22)19-18-9-13-6-7-15-16(8-13)25-12-24-15/h6-8,11,14,18,23H,2-5,9-10,12H2,1H3,(H,19,22)/t14-/m1/s1. The molecule has 0 aliphatic carbocycles. The second-order valence-corrected chi connectivity index (χ2v) is 5.95. The molecule has 1 aliphatic rings. The van der Waals surface area contributed by atoms with Gasteiger partial charge < -0.3 is 9.47 Å². The minimum atomic E-state index is -0.467. The number of carbonyl (C=O) groups excluding carboxylic acids is 2. The molecule has 1 heterocycles. The largest absolute Gasteiger partial charge is 0.454 e. The van der Waals surface area contributed by atoms with Gasteiger partial charge in [0.15, 0.2) is 11.5 Å². The number of unbranched alkanes of at least 4 members (excludes halogenated alkanes) is 2. The number of ether oxygens (including phenoxy) is 2. The summed E-state index contributed by atoms with van der Waals surface area (Å²) in [6.07, 6.45) is 3.81. The third-order valence-corrected chi connectivity index (χ3v) is 4.00. The Balaban J connectivity index is 1.81. The van der Waals surface area contributed by atoms with E-state index in [-0.39, 0.29) is 19.2 Å². The molecule has 25 heavy (non-hydrogen) atoms. The third-order valence-electron chi connectivity index (χ3n) is 4.00.